The lowest BCUT2D eigenvalue weighted by atomic mass is 10.2. The number of rotatable bonds is 4. The molecule has 1 amide bonds. The topological polar surface area (TPSA) is 104 Å². The molecular weight excluding hydrogens is 386 g/mol. The van der Waals surface area contributed by atoms with E-state index in [1.54, 1.807) is 29.6 Å². The first-order chi connectivity index (χ1) is 11.0. The lowest BCUT2D eigenvalue weighted by Crippen LogP contribution is -2.20. The van der Waals surface area contributed by atoms with E-state index in [9.17, 15) is 14.4 Å². The molecule has 2 heterocycles. The Labute approximate surface area is 141 Å². The van der Waals surface area contributed by atoms with Gasteiger partial charge in [-0.05, 0) is 39.5 Å². The number of carbonyl (C=O) groups is 2. The second-order valence-corrected chi connectivity index (χ2v) is 6.36. The number of amides is 1. The third-order valence-corrected chi connectivity index (χ3v) is 4.44. The Morgan fingerprint density at radius 3 is 2.70 bits per heavy atom. The van der Waals surface area contributed by atoms with Crippen LogP contribution in [-0.2, 0) is 9.53 Å². The normalized spacial score (nSPS) is 10.7. The van der Waals surface area contributed by atoms with E-state index in [1.165, 1.54) is 11.3 Å². The number of benzene rings is 1. The molecule has 0 saturated carbocycles. The Bertz CT molecular complexity index is 929. The smallest absolute Gasteiger partial charge is 0.348 e. The summed E-state index contributed by atoms with van der Waals surface area (Å²) in [6.07, 6.45) is 0. The third-order valence-electron chi connectivity index (χ3n) is 2.93. The van der Waals surface area contributed by atoms with Gasteiger partial charge in [-0.25, -0.2) is 9.59 Å². The predicted molar refractivity (Wildman–Crippen MR) is 89.9 cm³/mol. The zero-order valence-electron chi connectivity index (χ0n) is 11.5. The third kappa shape index (κ3) is 3.51. The zero-order valence-corrected chi connectivity index (χ0v) is 13.9. The van der Waals surface area contributed by atoms with E-state index in [-0.39, 0.29) is 5.69 Å². The summed E-state index contributed by atoms with van der Waals surface area (Å²) in [5, 5.41) is 4.37. The first-order valence-corrected chi connectivity index (χ1v) is 8.12. The lowest BCUT2D eigenvalue weighted by molar-refractivity contribution is -0.119. The van der Waals surface area contributed by atoms with E-state index in [2.05, 4.69) is 31.2 Å². The number of aromatic amines is 2. The van der Waals surface area contributed by atoms with Crippen molar-refractivity contribution in [1.82, 2.24) is 9.97 Å². The van der Waals surface area contributed by atoms with Crippen LogP contribution in [0.25, 0.3) is 11.0 Å². The van der Waals surface area contributed by atoms with Crippen LogP contribution in [0.1, 0.15) is 9.67 Å². The van der Waals surface area contributed by atoms with Crippen LogP contribution in [0.15, 0.2) is 38.9 Å². The maximum atomic E-state index is 11.9. The van der Waals surface area contributed by atoms with Crippen LogP contribution in [-0.4, -0.2) is 28.5 Å². The maximum Gasteiger partial charge on any atom is 0.348 e. The number of imidazole rings is 1. The fraction of sp³-hybridized carbons (Fsp3) is 0.0714. The molecular formula is C14H10BrN3O4S. The molecule has 0 aliphatic rings. The highest BCUT2D eigenvalue weighted by Gasteiger charge is 2.13. The number of halogens is 1. The molecule has 3 aromatic rings. The van der Waals surface area contributed by atoms with Gasteiger partial charge in [-0.15, -0.1) is 11.3 Å². The monoisotopic (exact) mass is 395 g/mol. The minimum absolute atomic E-state index is 0.333. The molecule has 0 spiro atoms. The Morgan fingerprint density at radius 1 is 1.26 bits per heavy atom. The zero-order chi connectivity index (χ0) is 16.4. The van der Waals surface area contributed by atoms with E-state index in [0.29, 0.717) is 26.1 Å². The van der Waals surface area contributed by atoms with Crippen molar-refractivity contribution in [2.45, 2.75) is 0 Å². The van der Waals surface area contributed by atoms with Crippen LogP contribution in [0.4, 0.5) is 5.69 Å². The quantitative estimate of drug-likeness (QED) is 0.590. The van der Waals surface area contributed by atoms with Crippen molar-refractivity contribution in [3.63, 3.8) is 0 Å². The standard InChI is InChI=1S/C14H10BrN3O4S/c15-7-4-9-10(18-14(21)17-9)5-8(7)16-12(19)6-22-13(20)11-2-1-3-23-11/h1-5H,6H2,(H,16,19)(H2,17,18,21). The van der Waals surface area contributed by atoms with Crippen molar-refractivity contribution in [1.29, 1.82) is 0 Å². The van der Waals surface area contributed by atoms with Gasteiger partial charge in [-0.1, -0.05) is 6.07 Å². The molecule has 0 aliphatic carbocycles. The number of esters is 1. The molecule has 9 heteroatoms. The molecule has 23 heavy (non-hydrogen) atoms. The number of carbonyl (C=O) groups excluding carboxylic acids is 2. The fourth-order valence-corrected chi connectivity index (χ4v) is 2.99. The van der Waals surface area contributed by atoms with Crippen molar-refractivity contribution < 1.29 is 14.3 Å². The van der Waals surface area contributed by atoms with E-state index in [4.69, 9.17) is 4.74 Å². The molecule has 7 nitrogen and oxygen atoms in total. The minimum atomic E-state index is -0.542. The first kappa shape index (κ1) is 15.5. The predicted octanol–water partition coefficient (Wildman–Crippen LogP) is 2.48. The van der Waals surface area contributed by atoms with Gasteiger partial charge in [0, 0.05) is 4.47 Å². The summed E-state index contributed by atoms with van der Waals surface area (Å²) in [5.74, 6) is -1.02. The van der Waals surface area contributed by atoms with Gasteiger partial charge in [0.2, 0.25) is 0 Å². The number of hydrogen-bond acceptors (Lipinski definition) is 5. The Kier molecular flexibility index (Phi) is 4.30. The van der Waals surface area contributed by atoms with Crippen LogP contribution in [0, 0.1) is 0 Å². The van der Waals surface area contributed by atoms with Crippen LogP contribution in [0.2, 0.25) is 0 Å². The van der Waals surface area contributed by atoms with Gasteiger partial charge in [0.15, 0.2) is 6.61 Å². The van der Waals surface area contributed by atoms with Gasteiger partial charge in [-0.3, -0.25) is 4.79 Å². The summed E-state index contributed by atoms with van der Waals surface area (Å²) < 4.78 is 5.53. The second kappa shape index (κ2) is 6.39. The second-order valence-electron chi connectivity index (χ2n) is 4.56. The SMILES string of the molecule is O=C(COC(=O)c1cccs1)Nc1cc2[nH]c(=O)[nH]c2cc1Br. The van der Waals surface area contributed by atoms with Gasteiger partial charge in [0.05, 0.1) is 16.7 Å². The number of fused-ring (bicyclic) bond motifs is 1. The number of anilines is 1. The van der Waals surface area contributed by atoms with Gasteiger partial charge >= 0.3 is 11.7 Å². The van der Waals surface area contributed by atoms with Gasteiger partial charge < -0.3 is 20.0 Å². The van der Waals surface area contributed by atoms with Crippen LogP contribution in [0.5, 0.6) is 0 Å². The Hall–Kier alpha value is -2.39. The lowest BCUT2D eigenvalue weighted by Gasteiger charge is -2.08. The van der Waals surface area contributed by atoms with E-state index in [0.717, 1.165) is 0 Å². The maximum absolute atomic E-state index is 11.9. The van der Waals surface area contributed by atoms with Crippen LogP contribution < -0.4 is 11.0 Å². The van der Waals surface area contributed by atoms with E-state index in [1.807, 2.05) is 0 Å². The Balaban J connectivity index is 1.66. The molecule has 0 fully saturated rings. The number of thiophene rings is 1. The van der Waals surface area contributed by atoms with Crippen molar-refractivity contribution in [3.05, 3.63) is 49.5 Å². The number of aromatic nitrogens is 2. The highest BCUT2D eigenvalue weighted by Crippen LogP contribution is 2.26. The number of hydrogen-bond donors (Lipinski definition) is 3. The average Bonchev–Trinajstić information content (AvgIpc) is 3.14. The minimum Gasteiger partial charge on any atom is -0.451 e. The summed E-state index contributed by atoms with van der Waals surface area (Å²) in [7, 11) is 0. The number of ether oxygens (including phenoxy) is 1. The van der Waals surface area contributed by atoms with Crippen molar-refractivity contribution in [3.8, 4) is 0 Å². The van der Waals surface area contributed by atoms with Gasteiger partial charge in [0.25, 0.3) is 5.91 Å². The molecule has 0 aliphatic heterocycles. The van der Waals surface area contributed by atoms with Crippen LogP contribution in [0.3, 0.4) is 0 Å². The molecule has 0 bridgehead atoms. The fourth-order valence-electron chi connectivity index (χ4n) is 1.93. The van der Waals surface area contributed by atoms with E-state index >= 15 is 0 Å². The van der Waals surface area contributed by atoms with Gasteiger partial charge in [0.1, 0.15) is 4.88 Å². The summed E-state index contributed by atoms with van der Waals surface area (Å²) in [4.78, 5) is 40.5. The highest BCUT2D eigenvalue weighted by molar-refractivity contribution is 9.10. The molecule has 2 aromatic heterocycles. The Morgan fingerprint density at radius 2 is 2.00 bits per heavy atom. The van der Waals surface area contributed by atoms with Crippen molar-refractivity contribution in [2.24, 2.45) is 0 Å². The summed E-state index contributed by atoms with van der Waals surface area (Å²) in [5.41, 5.74) is 1.30. The molecule has 3 rings (SSSR count). The molecule has 1 aromatic carbocycles. The number of nitrogens with one attached hydrogen (secondary N) is 3. The molecule has 0 saturated heterocycles. The molecule has 3 N–H and O–H groups in total. The molecule has 118 valence electrons. The summed E-state index contributed by atoms with van der Waals surface area (Å²) in [6.45, 7) is -0.398. The van der Waals surface area contributed by atoms with E-state index < -0.39 is 18.5 Å². The highest BCUT2D eigenvalue weighted by atomic mass is 79.9. The molecule has 0 unspecified atom stereocenters. The van der Waals surface area contributed by atoms with Crippen molar-refractivity contribution >= 4 is 55.9 Å². The molecule has 0 radical (unpaired) electrons. The average molecular weight is 396 g/mol. The van der Waals surface area contributed by atoms with Crippen molar-refractivity contribution in [2.75, 3.05) is 11.9 Å². The molecule has 0 atom stereocenters. The van der Waals surface area contributed by atoms with Gasteiger partial charge in [-0.2, -0.15) is 0 Å². The van der Waals surface area contributed by atoms with Crippen LogP contribution >= 0.6 is 27.3 Å². The number of H-pyrrole nitrogens is 2. The summed E-state index contributed by atoms with van der Waals surface area (Å²) >= 11 is 4.55. The largest absolute Gasteiger partial charge is 0.451 e. The first-order valence-electron chi connectivity index (χ1n) is 6.45. The summed E-state index contributed by atoms with van der Waals surface area (Å²) in [6, 6.07) is 6.62.